The number of aromatic nitrogens is 2. The third-order valence-corrected chi connectivity index (χ3v) is 4.54. The van der Waals surface area contributed by atoms with Crippen LogP contribution in [-0.4, -0.2) is 45.8 Å². The van der Waals surface area contributed by atoms with E-state index in [2.05, 4.69) is 41.4 Å². The molecule has 1 aromatic carbocycles. The zero-order chi connectivity index (χ0) is 16.2. The van der Waals surface area contributed by atoms with Crippen molar-refractivity contribution < 1.29 is 9.90 Å². The zero-order valence-corrected chi connectivity index (χ0v) is 13.5. The lowest BCUT2D eigenvalue weighted by molar-refractivity contribution is -0.133. The normalized spacial score (nSPS) is 18.2. The van der Waals surface area contributed by atoms with Crippen LogP contribution >= 0.6 is 0 Å². The first-order valence-corrected chi connectivity index (χ1v) is 8.18. The van der Waals surface area contributed by atoms with Gasteiger partial charge in [0.15, 0.2) is 0 Å². The molecule has 23 heavy (non-hydrogen) atoms. The number of aromatic amines is 1. The van der Waals surface area contributed by atoms with Crippen LogP contribution in [0.5, 0.6) is 0 Å². The summed E-state index contributed by atoms with van der Waals surface area (Å²) in [5.41, 5.74) is 4.61. The van der Waals surface area contributed by atoms with E-state index >= 15 is 0 Å². The summed E-state index contributed by atoms with van der Waals surface area (Å²) in [7, 11) is 0. The van der Waals surface area contributed by atoms with Crippen molar-refractivity contribution >= 4 is 5.91 Å². The Hall–Kier alpha value is -2.14. The van der Waals surface area contributed by atoms with Gasteiger partial charge in [-0.3, -0.25) is 9.89 Å². The van der Waals surface area contributed by atoms with Gasteiger partial charge in [0, 0.05) is 36.7 Å². The van der Waals surface area contributed by atoms with Crippen molar-refractivity contribution in [2.24, 2.45) is 0 Å². The van der Waals surface area contributed by atoms with Crippen LogP contribution < -0.4 is 0 Å². The Labute approximate surface area is 136 Å². The van der Waals surface area contributed by atoms with E-state index in [1.165, 1.54) is 5.56 Å². The molecule has 1 saturated heterocycles. The molecule has 0 saturated carbocycles. The van der Waals surface area contributed by atoms with E-state index in [1.807, 2.05) is 11.1 Å². The minimum atomic E-state index is -0.0846. The molecule has 1 fully saturated rings. The predicted molar refractivity (Wildman–Crippen MR) is 89.0 cm³/mol. The van der Waals surface area contributed by atoms with Crippen LogP contribution in [-0.2, 0) is 4.79 Å². The van der Waals surface area contributed by atoms with E-state index in [0.717, 1.165) is 36.2 Å². The first-order valence-electron chi connectivity index (χ1n) is 8.18. The van der Waals surface area contributed by atoms with Gasteiger partial charge in [-0.1, -0.05) is 29.8 Å². The van der Waals surface area contributed by atoms with Gasteiger partial charge in [0.05, 0.1) is 12.8 Å². The summed E-state index contributed by atoms with van der Waals surface area (Å²) in [6.45, 7) is 3.47. The number of likely N-dealkylation sites (tertiary alicyclic amines) is 1. The third kappa shape index (κ3) is 3.45. The highest BCUT2D eigenvalue weighted by Gasteiger charge is 2.27. The molecule has 0 radical (unpaired) electrons. The monoisotopic (exact) mass is 313 g/mol. The van der Waals surface area contributed by atoms with Crippen molar-refractivity contribution in [2.45, 2.75) is 32.1 Å². The minimum Gasteiger partial charge on any atom is -0.396 e. The molecule has 1 aromatic heterocycles. The fourth-order valence-electron chi connectivity index (χ4n) is 3.26. The molecule has 2 aromatic rings. The van der Waals surface area contributed by atoms with Gasteiger partial charge in [0.25, 0.3) is 0 Å². The molecule has 1 atom stereocenters. The molecule has 0 unspecified atom stereocenters. The van der Waals surface area contributed by atoms with Crippen molar-refractivity contribution in [2.75, 3.05) is 19.7 Å². The maximum atomic E-state index is 12.0. The molecular formula is C18H23N3O2. The van der Waals surface area contributed by atoms with Gasteiger partial charge in [0.1, 0.15) is 0 Å². The number of aryl methyl sites for hydroxylation is 1. The molecule has 2 heterocycles. The maximum Gasteiger partial charge on any atom is 0.224 e. The Morgan fingerprint density at radius 3 is 2.91 bits per heavy atom. The van der Waals surface area contributed by atoms with Gasteiger partial charge >= 0.3 is 0 Å². The molecule has 1 aliphatic heterocycles. The van der Waals surface area contributed by atoms with Crippen LogP contribution in [0.4, 0.5) is 0 Å². The Bertz CT molecular complexity index is 663. The summed E-state index contributed by atoms with van der Waals surface area (Å²) in [6.07, 6.45) is 4.10. The molecular weight excluding hydrogens is 290 g/mol. The van der Waals surface area contributed by atoms with Crippen LogP contribution in [0.3, 0.4) is 0 Å². The Balaban J connectivity index is 1.81. The number of H-pyrrole nitrogens is 1. The summed E-state index contributed by atoms with van der Waals surface area (Å²) >= 11 is 0. The summed E-state index contributed by atoms with van der Waals surface area (Å²) in [5, 5.41) is 16.3. The number of amides is 1. The lowest BCUT2D eigenvalue weighted by Gasteiger charge is -2.32. The Morgan fingerprint density at radius 1 is 1.39 bits per heavy atom. The highest BCUT2D eigenvalue weighted by Crippen LogP contribution is 2.33. The van der Waals surface area contributed by atoms with E-state index in [-0.39, 0.29) is 24.9 Å². The van der Waals surface area contributed by atoms with Crippen molar-refractivity contribution in [3.63, 3.8) is 0 Å². The largest absolute Gasteiger partial charge is 0.396 e. The van der Waals surface area contributed by atoms with E-state index < -0.39 is 0 Å². The van der Waals surface area contributed by atoms with Crippen molar-refractivity contribution in [1.29, 1.82) is 0 Å². The number of benzene rings is 1. The van der Waals surface area contributed by atoms with Crippen molar-refractivity contribution in [1.82, 2.24) is 15.1 Å². The molecule has 1 amide bonds. The number of carbonyl (C=O) groups is 1. The lowest BCUT2D eigenvalue weighted by Crippen LogP contribution is -2.39. The third-order valence-electron chi connectivity index (χ3n) is 4.54. The van der Waals surface area contributed by atoms with Gasteiger partial charge in [-0.25, -0.2) is 0 Å². The number of aliphatic hydroxyl groups excluding tert-OH is 1. The van der Waals surface area contributed by atoms with Crippen LogP contribution in [0, 0.1) is 6.92 Å². The number of nitrogens with one attached hydrogen (secondary N) is 1. The van der Waals surface area contributed by atoms with Crippen LogP contribution in [0.25, 0.3) is 11.1 Å². The first-order chi connectivity index (χ1) is 11.2. The van der Waals surface area contributed by atoms with Crippen LogP contribution in [0.15, 0.2) is 30.5 Å². The van der Waals surface area contributed by atoms with Gasteiger partial charge in [-0.15, -0.1) is 0 Å². The second-order valence-electron chi connectivity index (χ2n) is 6.22. The molecule has 0 aliphatic carbocycles. The van der Waals surface area contributed by atoms with E-state index in [9.17, 15) is 4.79 Å². The van der Waals surface area contributed by atoms with E-state index in [0.29, 0.717) is 6.54 Å². The molecule has 0 spiro atoms. The standard InChI is InChI=1S/C18H23N3O2/c1-13-4-6-14(7-5-13)16-11-19-20-18(16)15-3-2-9-21(12-15)17(23)8-10-22/h4-7,11,15,22H,2-3,8-10,12H2,1H3,(H,19,20)/t15-/m0/s1. The second kappa shape index (κ2) is 6.96. The molecule has 5 heteroatoms. The summed E-state index contributed by atoms with van der Waals surface area (Å²) in [5.74, 6) is 0.304. The number of rotatable bonds is 4. The summed E-state index contributed by atoms with van der Waals surface area (Å²) < 4.78 is 0. The average molecular weight is 313 g/mol. The minimum absolute atomic E-state index is 0.0357. The second-order valence-corrected chi connectivity index (χ2v) is 6.22. The molecule has 2 N–H and O–H groups in total. The first kappa shape index (κ1) is 15.7. The highest BCUT2D eigenvalue weighted by atomic mass is 16.3. The SMILES string of the molecule is Cc1ccc(-c2cn[nH]c2[C@H]2CCCN(C(=O)CCO)C2)cc1. The van der Waals surface area contributed by atoms with Crippen LogP contribution in [0.1, 0.15) is 36.4 Å². The topological polar surface area (TPSA) is 69.2 Å². The fourth-order valence-corrected chi connectivity index (χ4v) is 3.26. The Morgan fingerprint density at radius 2 is 2.17 bits per heavy atom. The fraction of sp³-hybridized carbons (Fsp3) is 0.444. The molecule has 1 aliphatic rings. The van der Waals surface area contributed by atoms with Crippen molar-refractivity contribution in [3.05, 3.63) is 41.7 Å². The number of hydrogen-bond donors (Lipinski definition) is 2. The van der Waals surface area contributed by atoms with Gasteiger partial charge in [0.2, 0.25) is 5.91 Å². The molecule has 122 valence electrons. The van der Waals surface area contributed by atoms with Crippen LogP contribution in [0.2, 0.25) is 0 Å². The number of hydrogen-bond acceptors (Lipinski definition) is 3. The highest BCUT2D eigenvalue weighted by molar-refractivity contribution is 5.76. The predicted octanol–water partition coefficient (Wildman–Crippen LogP) is 2.47. The number of carbonyl (C=O) groups excluding carboxylic acids is 1. The summed E-state index contributed by atoms with van der Waals surface area (Å²) in [6, 6.07) is 8.43. The Kier molecular flexibility index (Phi) is 4.76. The van der Waals surface area contributed by atoms with Crippen molar-refractivity contribution in [3.8, 4) is 11.1 Å². The molecule has 5 nitrogen and oxygen atoms in total. The average Bonchev–Trinajstić information content (AvgIpc) is 3.05. The zero-order valence-electron chi connectivity index (χ0n) is 13.5. The number of nitrogens with zero attached hydrogens (tertiary/aromatic N) is 2. The van der Waals surface area contributed by atoms with E-state index in [4.69, 9.17) is 5.11 Å². The smallest absolute Gasteiger partial charge is 0.224 e. The quantitative estimate of drug-likeness (QED) is 0.911. The van der Waals surface area contributed by atoms with E-state index in [1.54, 1.807) is 0 Å². The van der Waals surface area contributed by atoms with Gasteiger partial charge in [-0.2, -0.15) is 5.10 Å². The number of piperidine rings is 1. The molecule has 0 bridgehead atoms. The maximum absolute atomic E-state index is 12.0. The summed E-state index contributed by atoms with van der Waals surface area (Å²) in [4.78, 5) is 13.9. The van der Waals surface area contributed by atoms with Gasteiger partial charge < -0.3 is 10.0 Å². The lowest BCUT2D eigenvalue weighted by atomic mass is 9.90. The molecule has 3 rings (SSSR count). The van der Waals surface area contributed by atoms with Gasteiger partial charge in [-0.05, 0) is 25.3 Å². The number of aliphatic hydroxyl groups is 1.